The Labute approximate surface area is 93.6 Å². The quantitative estimate of drug-likeness (QED) is 0.788. The maximum atomic E-state index is 9.78. The van der Waals surface area contributed by atoms with E-state index in [1.807, 2.05) is 30.3 Å². The Hall–Kier alpha value is -1.68. The van der Waals surface area contributed by atoms with Crippen molar-refractivity contribution in [3.05, 3.63) is 36.2 Å². The molecule has 4 nitrogen and oxygen atoms in total. The molecule has 0 aliphatic carbocycles. The Balaban J connectivity index is 2.05. The molecule has 1 atom stereocenters. The first-order valence-corrected chi connectivity index (χ1v) is 5.53. The second kappa shape index (κ2) is 3.72. The zero-order valence-electron chi connectivity index (χ0n) is 8.87. The van der Waals surface area contributed by atoms with Crippen LogP contribution in [0.25, 0.3) is 11.4 Å². The van der Waals surface area contributed by atoms with Gasteiger partial charge in [-0.05, 0) is 12.8 Å². The SMILES string of the molecule is OC1CCCc2nc(-c3ccccc3)nn21. The molecule has 0 fully saturated rings. The highest BCUT2D eigenvalue weighted by Crippen LogP contribution is 2.23. The normalized spacial score (nSPS) is 19.4. The molecule has 1 aromatic heterocycles. The minimum Gasteiger partial charge on any atom is -0.372 e. The van der Waals surface area contributed by atoms with Crippen LogP contribution in [0, 0.1) is 0 Å². The average Bonchev–Trinajstić information content (AvgIpc) is 2.76. The Kier molecular flexibility index (Phi) is 2.22. The van der Waals surface area contributed by atoms with E-state index in [2.05, 4.69) is 10.1 Å². The number of benzene rings is 1. The molecular formula is C12H13N3O. The van der Waals surface area contributed by atoms with Crippen LogP contribution in [0.5, 0.6) is 0 Å². The second-order valence-corrected chi connectivity index (χ2v) is 4.04. The zero-order chi connectivity index (χ0) is 11.0. The lowest BCUT2D eigenvalue weighted by atomic mass is 10.1. The van der Waals surface area contributed by atoms with Crippen molar-refractivity contribution >= 4 is 0 Å². The Morgan fingerprint density at radius 3 is 2.81 bits per heavy atom. The molecule has 1 aliphatic heterocycles. The third-order valence-corrected chi connectivity index (χ3v) is 2.88. The number of hydrogen-bond acceptors (Lipinski definition) is 3. The van der Waals surface area contributed by atoms with E-state index in [1.54, 1.807) is 4.68 Å². The largest absolute Gasteiger partial charge is 0.372 e. The topological polar surface area (TPSA) is 50.9 Å². The lowest BCUT2D eigenvalue weighted by molar-refractivity contribution is 0.0648. The Morgan fingerprint density at radius 1 is 1.25 bits per heavy atom. The molecule has 16 heavy (non-hydrogen) atoms. The lowest BCUT2D eigenvalue weighted by Gasteiger charge is -2.17. The molecule has 0 spiro atoms. The molecule has 4 heteroatoms. The molecule has 2 heterocycles. The third-order valence-electron chi connectivity index (χ3n) is 2.88. The predicted octanol–water partition coefficient (Wildman–Crippen LogP) is 1.77. The molecule has 1 aromatic carbocycles. The van der Waals surface area contributed by atoms with E-state index >= 15 is 0 Å². The van der Waals surface area contributed by atoms with Crippen LogP contribution in [0.1, 0.15) is 24.9 Å². The molecule has 2 aromatic rings. The summed E-state index contributed by atoms with van der Waals surface area (Å²) in [5.41, 5.74) is 0.997. The number of rotatable bonds is 1. The van der Waals surface area contributed by atoms with Crippen molar-refractivity contribution in [3.8, 4) is 11.4 Å². The van der Waals surface area contributed by atoms with Gasteiger partial charge in [-0.1, -0.05) is 30.3 Å². The van der Waals surface area contributed by atoms with Gasteiger partial charge < -0.3 is 5.11 Å². The summed E-state index contributed by atoms with van der Waals surface area (Å²) in [6.45, 7) is 0. The summed E-state index contributed by atoms with van der Waals surface area (Å²) in [7, 11) is 0. The number of aliphatic hydroxyl groups excluding tert-OH is 1. The van der Waals surface area contributed by atoms with E-state index in [1.165, 1.54) is 0 Å². The van der Waals surface area contributed by atoms with Crippen LogP contribution >= 0.6 is 0 Å². The van der Waals surface area contributed by atoms with Crippen molar-refractivity contribution < 1.29 is 5.11 Å². The maximum Gasteiger partial charge on any atom is 0.181 e. The summed E-state index contributed by atoms with van der Waals surface area (Å²) >= 11 is 0. The zero-order valence-corrected chi connectivity index (χ0v) is 8.87. The molecule has 3 rings (SSSR count). The number of aromatic nitrogens is 3. The molecule has 1 unspecified atom stereocenters. The molecule has 1 N–H and O–H groups in total. The van der Waals surface area contributed by atoms with Gasteiger partial charge >= 0.3 is 0 Å². The van der Waals surface area contributed by atoms with Crippen molar-refractivity contribution in [1.29, 1.82) is 0 Å². The van der Waals surface area contributed by atoms with Gasteiger partial charge in [-0.2, -0.15) is 0 Å². The predicted molar refractivity (Wildman–Crippen MR) is 59.7 cm³/mol. The number of hydrogen-bond donors (Lipinski definition) is 1. The van der Waals surface area contributed by atoms with Gasteiger partial charge in [-0.3, -0.25) is 0 Å². The van der Waals surface area contributed by atoms with Gasteiger partial charge in [-0.25, -0.2) is 9.67 Å². The highest BCUT2D eigenvalue weighted by molar-refractivity contribution is 5.54. The molecular weight excluding hydrogens is 202 g/mol. The smallest absolute Gasteiger partial charge is 0.181 e. The molecule has 0 amide bonds. The van der Waals surface area contributed by atoms with E-state index < -0.39 is 6.23 Å². The van der Waals surface area contributed by atoms with Gasteiger partial charge in [0.25, 0.3) is 0 Å². The first-order chi connectivity index (χ1) is 7.84. The molecule has 0 saturated heterocycles. The standard InChI is InChI=1S/C12H13N3O/c16-11-8-4-7-10-13-12(14-15(10)11)9-5-2-1-3-6-9/h1-3,5-6,11,16H,4,7-8H2. The van der Waals surface area contributed by atoms with Crippen LogP contribution in [0.4, 0.5) is 0 Å². The van der Waals surface area contributed by atoms with Crippen molar-refractivity contribution in [3.63, 3.8) is 0 Å². The van der Waals surface area contributed by atoms with Gasteiger partial charge in [0.15, 0.2) is 5.82 Å². The molecule has 82 valence electrons. The van der Waals surface area contributed by atoms with Crippen molar-refractivity contribution in [2.24, 2.45) is 0 Å². The van der Waals surface area contributed by atoms with Crippen molar-refractivity contribution in [2.45, 2.75) is 25.5 Å². The summed E-state index contributed by atoms with van der Waals surface area (Å²) in [5.74, 6) is 1.59. The molecule has 0 radical (unpaired) electrons. The summed E-state index contributed by atoms with van der Waals surface area (Å²) < 4.78 is 1.64. The number of fused-ring (bicyclic) bond motifs is 1. The van der Waals surface area contributed by atoms with Crippen LogP contribution in [0.2, 0.25) is 0 Å². The van der Waals surface area contributed by atoms with Gasteiger partial charge in [0, 0.05) is 12.0 Å². The number of aryl methyl sites for hydroxylation is 1. The van der Waals surface area contributed by atoms with E-state index in [-0.39, 0.29) is 0 Å². The fourth-order valence-electron chi connectivity index (χ4n) is 2.04. The fourth-order valence-corrected chi connectivity index (χ4v) is 2.04. The van der Waals surface area contributed by atoms with Gasteiger partial charge in [0.1, 0.15) is 12.1 Å². The van der Waals surface area contributed by atoms with Gasteiger partial charge in [-0.15, -0.1) is 5.10 Å². The second-order valence-electron chi connectivity index (χ2n) is 4.04. The van der Waals surface area contributed by atoms with Crippen LogP contribution in [-0.2, 0) is 6.42 Å². The highest BCUT2D eigenvalue weighted by Gasteiger charge is 2.21. The van der Waals surface area contributed by atoms with Crippen LogP contribution < -0.4 is 0 Å². The summed E-state index contributed by atoms with van der Waals surface area (Å²) in [4.78, 5) is 4.46. The first-order valence-electron chi connectivity index (χ1n) is 5.53. The summed E-state index contributed by atoms with van der Waals surface area (Å²) in [6.07, 6.45) is 2.14. The Bertz CT molecular complexity index is 492. The van der Waals surface area contributed by atoms with E-state index in [0.717, 1.165) is 30.7 Å². The van der Waals surface area contributed by atoms with Gasteiger partial charge in [0.05, 0.1) is 0 Å². The van der Waals surface area contributed by atoms with Crippen LogP contribution in [-0.4, -0.2) is 19.9 Å². The average molecular weight is 215 g/mol. The van der Waals surface area contributed by atoms with Gasteiger partial charge in [0.2, 0.25) is 0 Å². The molecule has 1 aliphatic rings. The fraction of sp³-hybridized carbons (Fsp3) is 0.333. The number of nitrogens with zero attached hydrogens (tertiary/aromatic N) is 3. The Morgan fingerprint density at radius 2 is 2.06 bits per heavy atom. The van der Waals surface area contributed by atoms with E-state index in [9.17, 15) is 5.11 Å². The van der Waals surface area contributed by atoms with Crippen LogP contribution in [0.15, 0.2) is 30.3 Å². The lowest BCUT2D eigenvalue weighted by Crippen LogP contribution is -2.18. The van der Waals surface area contributed by atoms with E-state index in [4.69, 9.17) is 0 Å². The van der Waals surface area contributed by atoms with Crippen LogP contribution in [0.3, 0.4) is 0 Å². The first kappa shape index (κ1) is 9.54. The third kappa shape index (κ3) is 1.51. The summed E-state index contributed by atoms with van der Waals surface area (Å²) in [5, 5.41) is 14.1. The summed E-state index contributed by atoms with van der Waals surface area (Å²) in [6, 6.07) is 9.85. The molecule has 0 saturated carbocycles. The highest BCUT2D eigenvalue weighted by atomic mass is 16.3. The monoisotopic (exact) mass is 215 g/mol. The van der Waals surface area contributed by atoms with Crippen molar-refractivity contribution in [2.75, 3.05) is 0 Å². The van der Waals surface area contributed by atoms with E-state index in [0.29, 0.717) is 5.82 Å². The number of aliphatic hydroxyl groups is 1. The maximum absolute atomic E-state index is 9.78. The minimum atomic E-state index is -0.506. The minimum absolute atomic E-state index is 0.506. The van der Waals surface area contributed by atoms with Crippen molar-refractivity contribution in [1.82, 2.24) is 14.8 Å². The molecule has 0 bridgehead atoms.